The molecule has 212 valence electrons. The van der Waals surface area contributed by atoms with Crippen molar-refractivity contribution >= 4 is 28.4 Å². The van der Waals surface area contributed by atoms with Crippen LogP contribution in [-0.2, 0) is 11.0 Å². The summed E-state index contributed by atoms with van der Waals surface area (Å²) >= 11 is 6.12. The molecule has 0 bridgehead atoms. The van der Waals surface area contributed by atoms with Gasteiger partial charge in [-0.3, -0.25) is 9.78 Å². The number of aliphatic hydroxyl groups is 1. The number of carbonyl (C=O) groups excluding carboxylic acids is 1. The highest BCUT2D eigenvalue weighted by molar-refractivity contribution is 6.31. The second-order valence-electron chi connectivity index (χ2n) is 11.7. The van der Waals surface area contributed by atoms with Crippen molar-refractivity contribution in [3.63, 3.8) is 0 Å². The molecule has 1 fully saturated rings. The molecule has 2 aromatic heterocycles. The van der Waals surface area contributed by atoms with Crippen LogP contribution < -0.4 is 14.8 Å². The van der Waals surface area contributed by atoms with Crippen molar-refractivity contribution in [3.05, 3.63) is 81.9 Å². The molecule has 2 aromatic carbocycles. The van der Waals surface area contributed by atoms with E-state index in [1.54, 1.807) is 31.5 Å². The van der Waals surface area contributed by atoms with E-state index in [2.05, 4.69) is 24.1 Å². The second kappa shape index (κ2) is 9.96. The number of aryl methyl sites for hydroxylation is 1. The fraction of sp³-hybridized carbons (Fsp3) is 0.344. The number of halogens is 2. The fourth-order valence-corrected chi connectivity index (χ4v) is 5.69. The predicted molar refractivity (Wildman–Crippen MR) is 155 cm³/mol. The third kappa shape index (κ3) is 4.89. The molecular formula is C32H31ClFN3O4. The summed E-state index contributed by atoms with van der Waals surface area (Å²) in [6, 6.07) is 11.7. The number of benzene rings is 2. The predicted octanol–water partition coefficient (Wildman–Crippen LogP) is 6.10. The van der Waals surface area contributed by atoms with Crippen molar-refractivity contribution in [3.8, 4) is 22.8 Å². The highest BCUT2D eigenvalue weighted by Crippen LogP contribution is 2.50. The molecule has 1 atom stereocenters. The number of aromatic nitrogens is 2. The van der Waals surface area contributed by atoms with Gasteiger partial charge < -0.3 is 19.9 Å². The zero-order valence-electron chi connectivity index (χ0n) is 23.3. The maximum Gasteiger partial charge on any atom is 0.251 e. The number of nitrogens with zero attached hydrogens (tertiary/aromatic N) is 2. The smallest absolute Gasteiger partial charge is 0.251 e. The van der Waals surface area contributed by atoms with Gasteiger partial charge >= 0.3 is 0 Å². The normalized spacial score (nSPS) is 17.0. The van der Waals surface area contributed by atoms with Gasteiger partial charge in [0.05, 0.1) is 31.0 Å². The summed E-state index contributed by atoms with van der Waals surface area (Å²) in [5.41, 5.74) is 2.66. The molecule has 0 spiro atoms. The van der Waals surface area contributed by atoms with E-state index in [-0.39, 0.29) is 28.8 Å². The number of fused-ring (bicyclic) bond motifs is 2. The van der Waals surface area contributed by atoms with Crippen LogP contribution in [0.2, 0.25) is 5.02 Å². The van der Waals surface area contributed by atoms with E-state index in [1.807, 2.05) is 19.1 Å². The number of carbonyl (C=O) groups is 1. The number of methoxy groups -OCH3 is 1. The van der Waals surface area contributed by atoms with Crippen LogP contribution in [0, 0.1) is 18.7 Å². The maximum atomic E-state index is 14.0. The number of hydrogen-bond donors (Lipinski definition) is 2. The first-order valence-electron chi connectivity index (χ1n) is 13.6. The molecule has 2 aliphatic rings. The SMILES string of the molecule is COc1cc(C(=O)NC[C@](O)(c2cc3c(c(-c4ccc(F)c(Cl)c4)n2)OCC3(C)C)C2CC2)cc2cc(C)cnc12. The van der Waals surface area contributed by atoms with Gasteiger partial charge in [-0.05, 0) is 73.7 Å². The molecule has 6 rings (SSSR count). The Kier molecular flexibility index (Phi) is 6.66. The topological polar surface area (TPSA) is 93.6 Å². The van der Waals surface area contributed by atoms with Crippen LogP contribution in [0.5, 0.6) is 11.5 Å². The quantitative estimate of drug-likeness (QED) is 0.276. The molecule has 0 saturated heterocycles. The number of pyridine rings is 2. The number of ether oxygens (including phenoxy) is 2. The minimum atomic E-state index is -1.43. The Balaban J connectivity index is 1.38. The number of hydrogen-bond acceptors (Lipinski definition) is 6. The van der Waals surface area contributed by atoms with Gasteiger partial charge in [0, 0.05) is 33.7 Å². The Bertz CT molecular complexity index is 1700. The standard InChI is InChI=1S/C32H31ClFN3O4/c1-17-9-19-10-20(12-25(40-4)27(19)35-14-17)30(38)36-15-32(39,21-6-7-21)26-13-22-29(41-16-31(22,2)3)28(37-26)18-5-8-24(34)23(33)11-18/h5,8-14,21,39H,6-7,15-16H2,1-4H3,(H,36,38)/t32-/m1/s1. The van der Waals surface area contributed by atoms with Gasteiger partial charge in [0.25, 0.3) is 5.91 Å². The van der Waals surface area contributed by atoms with Crippen LogP contribution in [0.25, 0.3) is 22.2 Å². The average molecular weight is 576 g/mol. The second-order valence-corrected chi connectivity index (χ2v) is 12.1. The van der Waals surface area contributed by atoms with Crippen LogP contribution in [0.4, 0.5) is 4.39 Å². The van der Waals surface area contributed by atoms with Crippen molar-refractivity contribution in [2.75, 3.05) is 20.3 Å². The number of amides is 1. The molecule has 1 amide bonds. The summed E-state index contributed by atoms with van der Waals surface area (Å²) in [7, 11) is 1.54. The van der Waals surface area contributed by atoms with E-state index in [0.29, 0.717) is 46.1 Å². The summed E-state index contributed by atoms with van der Waals surface area (Å²) in [5.74, 6) is 0.131. The molecule has 7 nitrogen and oxygen atoms in total. The van der Waals surface area contributed by atoms with Crippen molar-refractivity contribution < 1.29 is 23.8 Å². The highest BCUT2D eigenvalue weighted by atomic mass is 35.5. The third-order valence-electron chi connectivity index (χ3n) is 8.05. The summed E-state index contributed by atoms with van der Waals surface area (Å²) in [4.78, 5) is 22.7. The van der Waals surface area contributed by atoms with Gasteiger partial charge in [0.2, 0.25) is 0 Å². The van der Waals surface area contributed by atoms with Crippen LogP contribution in [0.3, 0.4) is 0 Å². The lowest BCUT2D eigenvalue weighted by Crippen LogP contribution is -2.43. The van der Waals surface area contributed by atoms with Gasteiger partial charge in [-0.2, -0.15) is 0 Å². The molecular weight excluding hydrogens is 545 g/mol. The number of rotatable bonds is 7. The lowest BCUT2D eigenvalue weighted by Gasteiger charge is -2.30. The van der Waals surface area contributed by atoms with Crippen LogP contribution >= 0.6 is 11.6 Å². The van der Waals surface area contributed by atoms with Crippen molar-refractivity contribution in [2.24, 2.45) is 5.92 Å². The van der Waals surface area contributed by atoms with Crippen molar-refractivity contribution in [2.45, 2.75) is 44.6 Å². The van der Waals surface area contributed by atoms with Crippen molar-refractivity contribution in [1.29, 1.82) is 0 Å². The maximum absolute atomic E-state index is 14.0. The molecule has 9 heteroatoms. The molecule has 4 aromatic rings. The largest absolute Gasteiger partial charge is 0.494 e. The van der Waals surface area contributed by atoms with Gasteiger partial charge in [-0.15, -0.1) is 0 Å². The van der Waals surface area contributed by atoms with E-state index in [4.69, 9.17) is 26.1 Å². The number of nitrogens with one attached hydrogen (secondary N) is 1. The average Bonchev–Trinajstić information content (AvgIpc) is 3.76. The Morgan fingerprint density at radius 3 is 2.73 bits per heavy atom. The first-order valence-corrected chi connectivity index (χ1v) is 14.0. The van der Waals surface area contributed by atoms with E-state index in [9.17, 15) is 14.3 Å². The van der Waals surface area contributed by atoms with Crippen LogP contribution in [0.1, 0.15) is 53.9 Å². The zero-order chi connectivity index (χ0) is 29.1. The molecule has 3 heterocycles. The van der Waals surface area contributed by atoms with E-state index >= 15 is 0 Å². The monoisotopic (exact) mass is 575 g/mol. The van der Waals surface area contributed by atoms with Crippen molar-refractivity contribution in [1.82, 2.24) is 15.3 Å². The van der Waals surface area contributed by atoms with E-state index in [0.717, 1.165) is 29.4 Å². The minimum absolute atomic E-state index is 0.0263. The Hall–Kier alpha value is -3.75. The lowest BCUT2D eigenvalue weighted by molar-refractivity contribution is 0.00947. The molecule has 1 aliphatic carbocycles. The van der Waals surface area contributed by atoms with Gasteiger partial charge in [0.15, 0.2) is 0 Å². The minimum Gasteiger partial charge on any atom is -0.494 e. The Morgan fingerprint density at radius 2 is 2.02 bits per heavy atom. The van der Waals surface area contributed by atoms with Crippen LogP contribution in [0.15, 0.2) is 48.7 Å². The third-order valence-corrected chi connectivity index (χ3v) is 8.34. The molecule has 0 radical (unpaired) electrons. The van der Waals surface area contributed by atoms with Crippen LogP contribution in [-0.4, -0.2) is 41.2 Å². The molecule has 2 N–H and O–H groups in total. The zero-order valence-corrected chi connectivity index (χ0v) is 24.1. The Labute approximate surface area is 242 Å². The first-order chi connectivity index (χ1) is 19.5. The highest BCUT2D eigenvalue weighted by Gasteiger charge is 2.48. The van der Waals surface area contributed by atoms with E-state index < -0.39 is 11.4 Å². The lowest BCUT2D eigenvalue weighted by atomic mass is 9.83. The Morgan fingerprint density at radius 1 is 1.24 bits per heavy atom. The molecule has 41 heavy (non-hydrogen) atoms. The molecule has 1 aliphatic heterocycles. The van der Waals surface area contributed by atoms with Gasteiger partial charge in [0.1, 0.15) is 34.1 Å². The summed E-state index contributed by atoms with van der Waals surface area (Å²) in [5, 5.41) is 15.9. The summed E-state index contributed by atoms with van der Waals surface area (Å²) in [6.45, 7) is 6.45. The van der Waals surface area contributed by atoms with Gasteiger partial charge in [-0.1, -0.05) is 25.4 Å². The molecule has 0 unspecified atom stereocenters. The van der Waals surface area contributed by atoms with E-state index in [1.165, 1.54) is 12.1 Å². The molecule has 1 saturated carbocycles. The fourth-order valence-electron chi connectivity index (χ4n) is 5.51. The summed E-state index contributed by atoms with van der Waals surface area (Å²) < 4.78 is 25.6. The van der Waals surface area contributed by atoms with Gasteiger partial charge in [-0.25, -0.2) is 9.37 Å². The summed E-state index contributed by atoms with van der Waals surface area (Å²) in [6.07, 6.45) is 3.36. The first kappa shape index (κ1) is 27.4.